The topological polar surface area (TPSA) is 164 Å². The summed E-state index contributed by atoms with van der Waals surface area (Å²) in [6.45, 7) is -14.4. The van der Waals surface area contributed by atoms with Gasteiger partial charge in [-0.25, -0.2) is 4.79 Å². The van der Waals surface area contributed by atoms with E-state index in [1.807, 2.05) is 0 Å². The molecule has 0 unspecified atom stereocenters. The summed E-state index contributed by atoms with van der Waals surface area (Å²) in [4.78, 5) is 35.9. The lowest BCUT2D eigenvalue weighted by Crippen LogP contribution is -2.20. The second-order valence-corrected chi connectivity index (χ2v) is 13.8. The number of carboxylic acid groups (broad SMARTS) is 2. The fourth-order valence-corrected chi connectivity index (χ4v) is 7.00. The monoisotopic (exact) mass is 906 g/mol. The number of aromatic nitrogens is 2. The Balaban J connectivity index is 1.68. The number of anilines is 4. The third-order valence-corrected chi connectivity index (χ3v) is 9.62. The fourth-order valence-electron chi connectivity index (χ4n) is 6.42. The minimum atomic E-state index is -3.54. The number of phenols is 1. The Morgan fingerprint density at radius 2 is 1.24 bits per heavy atom. The van der Waals surface area contributed by atoms with Crippen molar-refractivity contribution in [1.29, 1.82) is 0 Å². The molecular weight excluding hydrogens is 877 g/mol. The molecule has 6 rings (SSSR count). The van der Waals surface area contributed by atoms with E-state index in [0.29, 0.717) is 10.4 Å². The van der Waals surface area contributed by atoms with E-state index in [-0.39, 0.29) is 52.5 Å². The molecule has 13 nitrogen and oxygen atoms in total. The molecule has 0 atom stereocenters. The van der Waals surface area contributed by atoms with Crippen LogP contribution < -0.4 is 28.7 Å². The molecule has 0 aliphatic heterocycles. The van der Waals surface area contributed by atoms with Crippen LogP contribution in [0.1, 0.15) is 26.4 Å². The van der Waals surface area contributed by atoms with Gasteiger partial charge in [-0.05, 0) is 59.7 Å². The maximum Gasteiger partial charge on any atom is 0.387 e. The number of hydrogen-bond donors (Lipinski definition) is 3. The van der Waals surface area contributed by atoms with Crippen LogP contribution in [0, 0.1) is 0 Å². The zero-order valence-electron chi connectivity index (χ0n) is 31.8. The van der Waals surface area contributed by atoms with Gasteiger partial charge >= 0.3 is 38.4 Å². The van der Waals surface area contributed by atoms with Crippen molar-refractivity contribution in [2.45, 2.75) is 46.0 Å². The third kappa shape index (κ3) is 11.3. The Hall–Kier alpha value is -7.36. The van der Waals surface area contributed by atoms with Gasteiger partial charge < -0.3 is 44.1 Å². The number of alkyl halides is 8. The average Bonchev–Trinajstić information content (AvgIpc) is 3.73. The van der Waals surface area contributed by atoms with Gasteiger partial charge in [0.1, 0.15) is 5.56 Å². The van der Waals surface area contributed by atoms with Crippen LogP contribution in [0.3, 0.4) is 0 Å². The Labute approximate surface area is 354 Å². The Bertz CT molecular complexity index is 2540. The molecule has 0 aliphatic carbocycles. The van der Waals surface area contributed by atoms with E-state index < -0.39 is 79.1 Å². The van der Waals surface area contributed by atoms with E-state index >= 15 is 0 Å². The summed E-state index contributed by atoms with van der Waals surface area (Å²) in [5.41, 5.74) is 0.938. The highest BCUT2D eigenvalue weighted by Gasteiger charge is 2.29. The second-order valence-electron chi connectivity index (χ2n) is 12.9. The summed E-state index contributed by atoms with van der Waals surface area (Å²) in [7, 11) is 0. The van der Waals surface area contributed by atoms with Crippen LogP contribution in [0.15, 0.2) is 103 Å². The molecule has 0 radical (unpaired) electrons. The molecule has 0 saturated heterocycles. The number of aliphatic carboxylic acids is 1. The number of carboxylic acids is 2. The smallest absolute Gasteiger partial charge is 0.387 e. The van der Waals surface area contributed by atoms with Crippen molar-refractivity contribution in [2.24, 2.45) is 0 Å². The van der Waals surface area contributed by atoms with Crippen molar-refractivity contribution in [3.63, 3.8) is 0 Å². The standard InChI is InChI=1S/C41H30F8N4O9S/c42-38(43)59-30-9-4-23(14-32(30)61-40(46)47)52(18-22-2-1-11-50-16-22)29-8-3-21(13-34(54)55)12-28(29)26-6-7-27(37(57)58)36(56)35(26)53(19-25-17-51-20-63-25)24-5-10-31(60-39(44)45)33(15-24)62-41(48)49/h1-12,14-17,20,38-41,56H,13,18-19H2,(H,54,55)(H,57,58). The number of thiazole rings is 1. The summed E-state index contributed by atoms with van der Waals surface area (Å²) in [6, 6.07) is 15.8. The van der Waals surface area contributed by atoms with Crippen LogP contribution in [0.5, 0.6) is 28.7 Å². The molecule has 0 fully saturated rings. The number of halogens is 8. The van der Waals surface area contributed by atoms with Crippen molar-refractivity contribution in [3.8, 4) is 39.9 Å². The highest BCUT2D eigenvalue weighted by Crippen LogP contribution is 2.50. The number of nitrogens with zero attached hydrogens (tertiary/aromatic N) is 4. The molecule has 4 aromatic carbocycles. The fraction of sp³-hybridized carbons (Fsp3) is 0.171. The molecule has 0 aliphatic rings. The number of aromatic hydroxyl groups is 1. The SMILES string of the molecule is O=C(O)Cc1ccc(N(Cc2cccnc2)c2ccc(OC(F)F)c(OC(F)F)c2)c(-c2ccc(C(=O)O)c(O)c2N(Cc2cncs2)c2ccc(OC(F)F)c(OC(F)F)c2)c1. The van der Waals surface area contributed by atoms with Crippen LogP contribution in [0.2, 0.25) is 0 Å². The number of ether oxygens (including phenoxy) is 4. The first-order chi connectivity index (χ1) is 30.1. The van der Waals surface area contributed by atoms with E-state index in [1.165, 1.54) is 64.2 Å². The molecule has 0 saturated carbocycles. The van der Waals surface area contributed by atoms with Crippen LogP contribution >= 0.6 is 11.3 Å². The van der Waals surface area contributed by atoms with Gasteiger partial charge in [-0.15, -0.1) is 11.3 Å². The lowest BCUT2D eigenvalue weighted by molar-refractivity contribution is -0.136. The number of hydrogen-bond acceptors (Lipinski definition) is 12. The summed E-state index contributed by atoms with van der Waals surface area (Å²) in [5, 5.41) is 32.0. The van der Waals surface area contributed by atoms with Gasteiger partial charge in [-0.3, -0.25) is 14.8 Å². The summed E-state index contributed by atoms with van der Waals surface area (Å²) < 4.78 is 126. The predicted octanol–water partition coefficient (Wildman–Crippen LogP) is 10.3. The van der Waals surface area contributed by atoms with E-state index in [0.717, 1.165) is 47.7 Å². The van der Waals surface area contributed by atoms with E-state index in [1.54, 1.807) is 12.1 Å². The van der Waals surface area contributed by atoms with Crippen molar-refractivity contribution in [2.75, 3.05) is 9.80 Å². The lowest BCUT2D eigenvalue weighted by atomic mass is 9.94. The minimum absolute atomic E-state index is 0.00112. The predicted molar refractivity (Wildman–Crippen MR) is 209 cm³/mol. The average molecular weight is 907 g/mol. The number of carbonyl (C=O) groups is 2. The molecule has 22 heteroatoms. The summed E-state index contributed by atoms with van der Waals surface area (Å²) >= 11 is 1.08. The largest absolute Gasteiger partial charge is 0.505 e. The van der Waals surface area contributed by atoms with Gasteiger partial charge in [0, 0.05) is 70.3 Å². The first kappa shape index (κ1) is 45.2. The quantitative estimate of drug-likeness (QED) is 0.0621. The second kappa shape index (κ2) is 20.0. The van der Waals surface area contributed by atoms with Gasteiger partial charge in [0.15, 0.2) is 28.7 Å². The van der Waals surface area contributed by atoms with Gasteiger partial charge in [0.05, 0.1) is 24.2 Å². The molecule has 2 heterocycles. The van der Waals surface area contributed by atoms with Gasteiger partial charge in [-0.1, -0.05) is 18.2 Å². The molecule has 330 valence electrons. The van der Waals surface area contributed by atoms with Gasteiger partial charge in [-0.2, -0.15) is 35.1 Å². The zero-order valence-corrected chi connectivity index (χ0v) is 32.6. The van der Waals surface area contributed by atoms with E-state index in [9.17, 15) is 60.0 Å². The lowest BCUT2D eigenvalue weighted by Gasteiger charge is -2.32. The zero-order chi connectivity index (χ0) is 45.4. The number of rotatable bonds is 20. The maximum absolute atomic E-state index is 13.7. The van der Waals surface area contributed by atoms with Crippen LogP contribution in [0.4, 0.5) is 57.9 Å². The molecule has 0 amide bonds. The van der Waals surface area contributed by atoms with Gasteiger partial charge in [0.2, 0.25) is 0 Å². The first-order valence-electron chi connectivity index (χ1n) is 17.9. The number of benzene rings is 4. The highest BCUT2D eigenvalue weighted by molar-refractivity contribution is 7.09. The normalized spacial score (nSPS) is 11.3. The molecule has 0 bridgehead atoms. The van der Waals surface area contributed by atoms with Crippen molar-refractivity contribution >= 4 is 46.0 Å². The molecule has 6 aromatic rings. The van der Waals surface area contributed by atoms with Crippen LogP contribution in [0.25, 0.3) is 11.1 Å². The molecule has 3 N–H and O–H groups in total. The third-order valence-electron chi connectivity index (χ3n) is 8.85. The molecular formula is C41H30F8N4O9S. The van der Waals surface area contributed by atoms with Crippen LogP contribution in [-0.4, -0.2) is 63.7 Å². The van der Waals surface area contributed by atoms with Crippen molar-refractivity contribution in [3.05, 3.63) is 125 Å². The Morgan fingerprint density at radius 3 is 1.76 bits per heavy atom. The highest BCUT2D eigenvalue weighted by atomic mass is 32.1. The van der Waals surface area contributed by atoms with Crippen LogP contribution in [-0.2, 0) is 24.3 Å². The summed E-state index contributed by atoms with van der Waals surface area (Å²) in [5.74, 6) is -7.05. The molecule has 2 aromatic heterocycles. The van der Waals surface area contributed by atoms with Crippen molar-refractivity contribution < 1.29 is 79.0 Å². The maximum atomic E-state index is 13.7. The molecule has 0 spiro atoms. The Kier molecular flexibility index (Phi) is 14.3. The van der Waals surface area contributed by atoms with E-state index in [4.69, 9.17) is 0 Å². The van der Waals surface area contributed by atoms with Crippen molar-refractivity contribution in [1.82, 2.24) is 9.97 Å². The number of pyridine rings is 1. The number of aromatic carboxylic acids is 1. The minimum Gasteiger partial charge on any atom is -0.505 e. The van der Waals surface area contributed by atoms with E-state index in [2.05, 4.69) is 28.9 Å². The van der Waals surface area contributed by atoms with Gasteiger partial charge in [0.25, 0.3) is 0 Å². The first-order valence-corrected chi connectivity index (χ1v) is 18.8. The molecule has 63 heavy (non-hydrogen) atoms. The Morgan fingerprint density at radius 1 is 0.635 bits per heavy atom. The summed E-state index contributed by atoms with van der Waals surface area (Å²) in [6.07, 6.45) is 3.73.